The number of carbonyl (C=O) groups is 1. The summed E-state index contributed by atoms with van der Waals surface area (Å²) in [7, 11) is 1.62. The van der Waals surface area contributed by atoms with Crippen molar-refractivity contribution in [3.63, 3.8) is 0 Å². The number of anilines is 1. The Morgan fingerprint density at radius 1 is 1.19 bits per heavy atom. The SMILES string of the molecule is C=CC(=O)N1CCC(Oc2cc3c(N[C@H](C)c4ccccc4)ncnc3cc2OC)CC1. The highest BCUT2D eigenvalue weighted by Gasteiger charge is 2.24. The number of fused-ring (bicyclic) bond motifs is 1. The molecular formula is C25H28N4O3. The van der Waals surface area contributed by atoms with Gasteiger partial charge in [-0.2, -0.15) is 0 Å². The second kappa shape index (κ2) is 9.68. The summed E-state index contributed by atoms with van der Waals surface area (Å²) in [5, 5.41) is 4.36. The van der Waals surface area contributed by atoms with Crippen LogP contribution in [0.25, 0.3) is 10.9 Å². The van der Waals surface area contributed by atoms with Gasteiger partial charge in [-0.3, -0.25) is 4.79 Å². The average molecular weight is 433 g/mol. The van der Waals surface area contributed by atoms with E-state index in [0.29, 0.717) is 24.6 Å². The summed E-state index contributed by atoms with van der Waals surface area (Å²) in [6, 6.07) is 14.1. The lowest BCUT2D eigenvalue weighted by Crippen LogP contribution is -2.41. The van der Waals surface area contributed by atoms with E-state index in [4.69, 9.17) is 9.47 Å². The first-order chi connectivity index (χ1) is 15.6. The lowest BCUT2D eigenvalue weighted by molar-refractivity contribution is -0.127. The van der Waals surface area contributed by atoms with Crippen molar-refractivity contribution in [1.29, 1.82) is 0 Å². The molecule has 1 fully saturated rings. The van der Waals surface area contributed by atoms with E-state index in [1.807, 2.05) is 30.3 Å². The summed E-state index contributed by atoms with van der Waals surface area (Å²) >= 11 is 0. The van der Waals surface area contributed by atoms with Gasteiger partial charge in [0.05, 0.1) is 12.6 Å². The highest BCUT2D eigenvalue weighted by atomic mass is 16.5. The smallest absolute Gasteiger partial charge is 0.245 e. The molecule has 7 nitrogen and oxygen atoms in total. The van der Waals surface area contributed by atoms with E-state index >= 15 is 0 Å². The summed E-state index contributed by atoms with van der Waals surface area (Å²) in [6.45, 7) is 6.96. The Kier molecular flexibility index (Phi) is 6.54. The molecule has 7 heteroatoms. The Hall–Kier alpha value is -3.61. The zero-order valence-corrected chi connectivity index (χ0v) is 18.5. The number of rotatable bonds is 7. The van der Waals surface area contributed by atoms with Crippen LogP contribution < -0.4 is 14.8 Å². The summed E-state index contributed by atoms with van der Waals surface area (Å²) in [5.41, 5.74) is 1.95. The van der Waals surface area contributed by atoms with Gasteiger partial charge in [0.15, 0.2) is 11.5 Å². The summed E-state index contributed by atoms with van der Waals surface area (Å²) in [4.78, 5) is 22.5. The third-order valence-corrected chi connectivity index (χ3v) is 5.80. The maximum atomic E-state index is 11.8. The number of methoxy groups -OCH3 is 1. The number of hydrogen-bond acceptors (Lipinski definition) is 6. The Balaban J connectivity index is 1.57. The summed E-state index contributed by atoms with van der Waals surface area (Å²) in [6.07, 6.45) is 4.41. The van der Waals surface area contributed by atoms with Crippen molar-refractivity contribution in [2.24, 2.45) is 0 Å². The van der Waals surface area contributed by atoms with Crippen LogP contribution in [0.2, 0.25) is 0 Å². The maximum Gasteiger partial charge on any atom is 0.245 e. The minimum Gasteiger partial charge on any atom is -0.493 e. The van der Waals surface area contributed by atoms with E-state index in [1.165, 1.54) is 11.6 Å². The number of hydrogen-bond donors (Lipinski definition) is 1. The third-order valence-electron chi connectivity index (χ3n) is 5.80. The standard InChI is InChI=1S/C25H28N4O3/c1-4-24(30)29-12-10-19(11-13-29)32-23-14-20-21(15-22(23)31-3)26-16-27-25(20)28-17(2)18-8-6-5-7-9-18/h4-9,14-17,19H,1,10-13H2,2-3H3,(H,26,27,28)/t17-/m1/s1. The Labute approximate surface area is 188 Å². The number of amides is 1. The molecule has 1 aliphatic rings. The largest absolute Gasteiger partial charge is 0.493 e. The van der Waals surface area contributed by atoms with Crippen LogP contribution >= 0.6 is 0 Å². The molecule has 1 atom stereocenters. The van der Waals surface area contributed by atoms with Gasteiger partial charge in [-0.15, -0.1) is 0 Å². The molecule has 2 heterocycles. The Morgan fingerprint density at radius 3 is 2.62 bits per heavy atom. The molecule has 4 rings (SSSR count). The minimum atomic E-state index is -0.0351. The van der Waals surface area contributed by atoms with E-state index < -0.39 is 0 Å². The number of benzene rings is 2. The molecule has 1 aliphatic heterocycles. The molecule has 0 spiro atoms. The van der Waals surface area contributed by atoms with Crippen molar-refractivity contribution in [1.82, 2.24) is 14.9 Å². The third kappa shape index (κ3) is 4.66. The molecule has 0 unspecified atom stereocenters. The van der Waals surface area contributed by atoms with Crippen LogP contribution in [0.1, 0.15) is 31.4 Å². The fraction of sp³-hybridized carbons (Fsp3) is 0.320. The van der Waals surface area contributed by atoms with Gasteiger partial charge in [0.1, 0.15) is 18.2 Å². The number of likely N-dealkylation sites (tertiary alicyclic amines) is 1. The van der Waals surface area contributed by atoms with Crippen LogP contribution in [-0.2, 0) is 4.79 Å². The molecule has 2 aromatic carbocycles. The molecule has 0 aliphatic carbocycles. The Morgan fingerprint density at radius 2 is 1.94 bits per heavy atom. The highest BCUT2D eigenvalue weighted by molar-refractivity contribution is 5.91. The fourth-order valence-electron chi connectivity index (χ4n) is 3.96. The average Bonchev–Trinajstić information content (AvgIpc) is 2.84. The number of carbonyl (C=O) groups excluding carboxylic acids is 1. The van der Waals surface area contributed by atoms with E-state index in [0.717, 1.165) is 29.6 Å². The quantitative estimate of drug-likeness (QED) is 0.559. The first kappa shape index (κ1) is 21.6. The summed E-state index contributed by atoms with van der Waals surface area (Å²) in [5.74, 6) is 1.99. The monoisotopic (exact) mass is 432 g/mol. The Bertz CT molecular complexity index is 1100. The van der Waals surface area contributed by atoms with Gasteiger partial charge in [-0.25, -0.2) is 9.97 Å². The van der Waals surface area contributed by atoms with E-state index in [2.05, 4.69) is 40.9 Å². The van der Waals surface area contributed by atoms with Crippen molar-refractivity contribution >= 4 is 22.6 Å². The first-order valence-corrected chi connectivity index (χ1v) is 10.8. The maximum absolute atomic E-state index is 11.8. The fourth-order valence-corrected chi connectivity index (χ4v) is 3.96. The molecule has 3 aromatic rings. The van der Waals surface area contributed by atoms with Crippen LogP contribution in [-0.4, -0.2) is 47.1 Å². The van der Waals surface area contributed by atoms with E-state index in [1.54, 1.807) is 18.3 Å². The molecule has 1 amide bonds. The van der Waals surface area contributed by atoms with E-state index in [9.17, 15) is 4.79 Å². The number of aromatic nitrogens is 2. The minimum absolute atomic E-state index is 0.000465. The molecule has 1 saturated heterocycles. The molecule has 1 aromatic heterocycles. The van der Waals surface area contributed by atoms with Crippen LogP contribution in [0.4, 0.5) is 5.82 Å². The summed E-state index contributed by atoms with van der Waals surface area (Å²) < 4.78 is 11.9. The molecule has 0 saturated carbocycles. The predicted octanol–water partition coefficient (Wildman–Crippen LogP) is 4.37. The molecule has 32 heavy (non-hydrogen) atoms. The number of piperidine rings is 1. The molecule has 1 N–H and O–H groups in total. The molecular weight excluding hydrogens is 404 g/mol. The van der Waals surface area contributed by atoms with Crippen molar-refractivity contribution in [2.75, 3.05) is 25.5 Å². The van der Waals surface area contributed by atoms with Gasteiger partial charge in [-0.05, 0) is 24.6 Å². The number of nitrogens with one attached hydrogen (secondary N) is 1. The van der Waals surface area contributed by atoms with Crippen molar-refractivity contribution in [2.45, 2.75) is 31.9 Å². The van der Waals surface area contributed by atoms with Crippen LogP contribution in [0.3, 0.4) is 0 Å². The van der Waals surface area contributed by atoms with Gasteiger partial charge in [-0.1, -0.05) is 36.9 Å². The van der Waals surface area contributed by atoms with Crippen LogP contribution in [0, 0.1) is 0 Å². The second-order valence-corrected chi connectivity index (χ2v) is 7.87. The second-order valence-electron chi connectivity index (χ2n) is 7.87. The van der Waals surface area contributed by atoms with Gasteiger partial charge in [0.25, 0.3) is 0 Å². The first-order valence-electron chi connectivity index (χ1n) is 10.8. The van der Waals surface area contributed by atoms with Crippen LogP contribution in [0.15, 0.2) is 61.4 Å². The van der Waals surface area contributed by atoms with Crippen molar-refractivity contribution < 1.29 is 14.3 Å². The highest BCUT2D eigenvalue weighted by Crippen LogP contribution is 2.36. The van der Waals surface area contributed by atoms with E-state index in [-0.39, 0.29) is 18.1 Å². The molecule has 166 valence electrons. The zero-order chi connectivity index (χ0) is 22.5. The normalized spacial score (nSPS) is 15.2. The van der Waals surface area contributed by atoms with Gasteiger partial charge < -0.3 is 19.7 Å². The van der Waals surface area contributed by atoms with Crippen molar-refractivity contribution in [3.8, 4) is 11.5 Å². The topological polar surface area (TPSA) is 76.6 Å². The number of ether oxygens (including phenoxy) is 2. The van der Waals surface area contributed by atoms with Crippen LogP contribution in [0.5, 0.6) is 11.5 Å². The molecule has 0 bridgehead atoms. The zero-order valence-electron chi connectivity index (χ0n) is 18.5. The predicted molar refractivity (Wildman–Crippen MR) is 125 cm³/mol. The van der Waals surface area contributed by atoms with Crippen molar-refractivity contribution in [3.05, 3.63) is 67.0 Å². The molecule has 0 radical (unpaired) electrons. The number of nitrogens with zero attached hydrogens (tertiary/aromatic N) is 3. The lowest BCUT2D eigenvalue weighted by atomic mass is 10.1. The van der Waals surface area contributed by atoms with Gasteiger partial charge in [0.2, 0.25) is 5.91 Å². The van der Waals surface area contributed by atoms with Gasteiger partial charge in [0, 0.05) is 43.4 Å². The van der Waals surface area contributed by atoms with Gasteiger partial charge >= 0.3 is 0 Å². The lowest BCUT2D eigenvalue weighted by Gasteiger charge is -2.31.